The van der Waals surface area contributed by atoms with E-state index in [1.807, 2.05) is 26.0 Å². The van der Waals surface area contributed by atoms with Crippen molar-refractivity contribution in [1.82, 2.24) is 0 Å². The molecule has 80 valence electrons. The number of benzene rings is 1. The van der Waals surface area contributed by atoms with E-state index in [4.69, 9.17) is 0 Å². The van der Waals surface area contributed by atoms with Crippen LogP contribution in [-0.4, -0.2) is 12.3 Å². The van der Waals surface area contributed by atoms with Crippen LogP contribution in [0.3, 0.4) is 0 Å². The van der Waals surface area contributed by atoms with Crippen molar-refractivity contribution in [3.05, 3.63) is 29.3 Å². The average molecular weight is 203 g/mol. The molecule has 15 heavy (non-hydrogen) atoms. The Morgan fingerprint density at radius 3 is 3.07 bits per heavy atom. The molecule has 2 heteroatoms. The summed E-state index contributed by atoms with van der Waals surface area (Å²) in [4.78, 5) is 11.9. The van der Waals surface area contributed by atoms with E-state index >= 15 is 0 Å². The van der Waals surface area contributed by atoms with Crippen LogP contribution in [0.5, 0.6) is 0 Å². The van der Waals surface area contributed by atoms with E-state index in [1.54, 1.807) is 0 Å². The molecule has 2 nitrogen and oxygen atoms in total. The van der Waals surface area contributed by atoms with Crippen LogP contribution in [0.4, 0.5) is 5.69 Å². The van der Waals surface area contributed by atoms with Crippen LogP contribution >= 0.6 is 0 Å². The lowest BCUT2D eigenvalue weighted by Crippen LogP contribution is -2.10. The van der Waals surface area contributed by atoms with Crippen LogP contribution < -0.4 is 5.32 Å². The molecule has 1 aliphatic rings. The molecule has 0 aliphatic carbocycles. The first kappa shape index (κ1) is 10.2. The Kier molecular flexibility index (Phi) is 2.76. The topological polar surface area (TPSA) is 29.1 Å². The predicted molar refractivity (Wildman–Crippen MR) is 62.4 cm³/mol. The summed E-state index contributed by atoms with van der Waals surface area (Å²) in [6.07, 6.45) is 1.98. The standard InChI is InChI=1S/C13H17NO/c1-3-9(2)13(15)11-5-4-10-6-7-14-12(10)8-11/h4-5,8-9,14H,3,6-7H2,1-2H3. The molecule has 0 saturated carbocycles. The van der Waals surface area contributed by atoms with Gasteiger partial charge < -0.3 is 5.32 Å². The number of fused-ring (bicyclic) bond motifs is 1. The quantitative estimate of drug-likeness (QED) is 0.765. The maximum absolute atomic E-state index is 11.9. The minimum atomic E-state index is 0.129. The fraction of sp³-hybridized carbons (Fsp3) is 0.462. The van der Waals surface area contributed by atoms with Crippen molar-refractivity contribution in [2.45, 2.75) is 26.7 Å². The van der Waals surface area contributed by atoms with Crippen molar-refractivity contribution in [2.75, 3.05) is 11.9 Å². The number of carbonyl (C=O) groups is 1. The second-order valence-corrected chi connectivity index (χ2v) is 4.22. The molecule has 0 aromatic heterocycles. The molecule has 0 spiro atoms. The monoisotopic (exact) mass is 203 g/mol. The fourth-order valence-electron chi connectivity index (χ4n) is 1.91. The van der Waals surface area contributed by atoms with Crippen molar-refractivity contribution >= 4 is 11.5 Å². The summed E-state index contributed by atoms with van der Waals surface area (Å²) in [7, 11) is 0. The summed E-state index contributed by atoms with van der Waals surface area (Å²) in [5.41, 5.74) is 3.32. The van der Waals surface area contributed by atoms with Crippen LogP contribution in [0.1, 0.15) is 36.2 Å². The Labute approximate surface area is 90.7 Å². The summed E-state index contributed by atoms with van der Waals surface area (Å²) >= 11 is 0. The Morgan fingerprint density at radius 1 is 1.53 bits per heavy atom. The van der Waals surface area contributed by atoms with Crippen LogP contribution in [0, 0.1) is 5.92 Å². The van der Waals surface area contributed by atoms with E-state index in [-0.39, 0.29) is 11.7 Å². The maximum Gasteiger partial charge on any atom is 0.165 e. The highest BCUT2D eigenvalue weighted by Crippen LogP contribution is 2.24. The van der Waals surface area contributed by atoms with Crippen molar-refractivity contribution in [3.63, 3.8) is 0 Å². The zero-order valence-electron chi connectivity index (χ0n) is 9.34. The van der Waals surface area contributed by atoms with Gasteiger partial charge in [-0.05, 0) is 24.5 Å². The minimum Gasteiger partial charge on any atom is -0.384 e. The lowest BCUT2D eigenvalue weighted by molar-refractivity contribution is 0.0927. The van der Waals surface area contributed by atoms with E-state index in [1.165, 1.54) is 5.56 Å². The Balaban J connectivity index is 2.26. The van der Waals surface area contributed by atoms with Crippen molar-refractivity contribution < 1.29 is 4.79 Å². The normalized spacial score (nSPS) is 15.6. The van der Waals surface area contributed by atoms with Gasteiger partial charge in [0.2, 0.25) is 0 Å². The first-order chi connectivity index (χ1) is 7.22. The van der Waals surface area contributed by atoms with E-state index in [0.29, 0.717) is 0 Å². The van der Waals surface area contributed by atoms with Gasteiger partial charge in [0.15, 0.2) is 5.78 Å². The van der Waals surface area contributed by atoms with Crippen LogP contribution in [-0.2, 0) is 6.42 Å². The van der Waals surface area contributed by atoms with Gasteiger partial charge in [0, 0.05) is 23.7 Å². The Hall–Kier alpha value is -1.31. The predicted octanol–water partition coefficient (Wildman–Crippen LogP) is 2.88. The smallest absolute Gasteiger partial charge is 0.165 e. The first-order valence-corrected chi connectivity index (χ1v) is 5.63. The third kappa shape index (κ3) is 1.89. The van der Waals surface area contributed by atoms with Gasteiger partial charge in [0.05, 0.1) is 0 Å². The molecule has 1 N–H and O–H groups in total. The zero-order chi connectivity index (χ0) is 10.8. The summed E-state index contributed by atoms with van der Waals surface area (Å²) in [6.45, 7) is 5.04. The number of nitrogens with one attached hydrogen (secondary N) is 1. The van der Waals surface area contributed by atoms with Crippen LogP contribution in [0.25, 0.3) is 0 Å². The molecule has 1 aromatic rings. The number of Topliss-reactive ketones (excluding diaryl/α,β-unsaturated/α-hetero) is 1. The highest BCUT2D eigenvalue weighted by molar-refractivity contribution is 5.98. The van der Waals surface area contributed by atoms with Gasteiger partial charge >= 0.3 is 0 Å². The number of hydrogen-bond donors (Lipinski definition) is 1. The first-order valence-electron chi connectivity index (χ1n) is 5.63. The van der Waals surface area contributed by atoms with Gasteiger partial charge in [0.25, 0.3) is 0 Å². The third-order valence-corrected chi connectivity index (χ3v) is 3.16. The van der Waals surface area contributed by atoms with Gasteiger partial charge in [-0.3, -0.25) is 4.79 Å². The summed E-state index contributed by atoms with van der Waals surface area (Å²) < 4.78 is 0. The number of hydrogen-bond acceptors (Lipinski definition) is 2. The second-order valence-electron chi connectivity index (χ2n) is 4.22. The van der Waals surface area contributed by atoms with E-state index in [2.05, 4.69) is 11.4 Å². The lowest BCUT2D eigenvalue weighted by atomic mass is 9.96. The fourth-order valence-corrected chi connectivity index (χ4v) is 1.91. The number of anilines is 1. The van der Waals surface area contributed by atoms with Gasteiger partial charge in [-0.1, -0.05) is 26.0 Å². The molecular formula is C13H17NO. The van der Waals surface area contributed by atoms with E-state index in [0.717, 1.165) is 30.6 Å². The Morgan fingerprint density at radius 2 is 2.33 bits per heavy atom. The molecule has 1 unspecified atom stereocenters. The van der Waals surface area contributed by atoms with Gasteiger partial charge in [0.1, 0.15) is 0 Å². The molecule has 1 aromatic carbocycles. The second kappa shape index (κ2) is 4.05. The lowest BCUT2D eigenvalue weighted by Gasteiger charge is -2.08. The molecule has 0 fully saturated rings. The SMILES string of the molecule is CCC(C)C(=O)c1ccc2c(c1)NCC2. The highest BCUT2D eigenvalue weighted by atomic mass is 16.1. The molecule has 0 amide bonds. The van der Waals surface area contributed by atoms with Crippen LogP contribution in [0.2, 0.25) is 0 Å². The largest absolute Gasteiger partial charge is 0.384 e. The van der Waals surface area contributed by atoms with Crippen molar-refractivity contribution in [2.24, 2.45) is 5.92 Å². The summed E-state index contributed by atoms with van der Waals surface area (Å²) in [5.74, 6) is 0.387. The maximum atomic E-state index is 11.9. The van der Waals surface area contributed by atoms with Gasteiger partial charge in [-0.2, -0.15) is 0 Å². The third-order valence-electron chi connectivity index (χ3n) is 3.16. The minimum absolute atomic E-state index is 0.129. The zero-order valence-corrected chi connectivity index (χ0v) is 9.34. The number of ketones is 1. The molecule has 0 saturated heterocycles. The number of carbonyl (C=O) groups excluding carboxylic acids is 1. The molecule has 1 atom stereocenters. The molecule has 1 aliphatic heterocycles. The van der Waals surface area contributed by atoms with Crippen molar-refractivity contribution in [3.8, 4) is 0 Å². The number of rotatable bonds is 3. The molecule has 2 rings (SSSR count). The molecule has 0 radical (unpaired) electrons. The van der Waals surface area contributed by atoms with E-state index in [9.17, 15) is 4.79 Å². The van der Waals surface area contributed by atoms with Gasteiger partial charge in [-0.25, -0.2) is 0 Å². The van der Waals surface area contributed by atoms with Crippen LogP contribution in [0.15, 0.2) is 18.2 Å². The molecular weight excluding hydrogens is 186 g/mol. The summed E-state index contributed by atoms with van der Waals surface area (Å²) in [5, 5.41) is 3.30. The van der Waals surface area contributed by atoms with Crippen molar-refractivity contribution in [1.29, 1.82) is 0 Å². The van der Waals surface area contributed by atoms with Gasteiger partial charge in [-0.15, -0.1) is 0 Å². The average Bonchev–Trinajstić information content (AvgIpc) is 2.73. The molecule has 1 heterocycles. The van der Waals surface area contributed by atoms with E-state index < -0.39 is 0 Å². The summed E-state index contributed by atoms with van der Waals surface area (Å²) in [6, 6.07) is 6.03. The Bertz CT molecular complexity index is 384. The molecule has 0 bridgehead atoms. The highest BCUT2D eigenvalue weighted by Gasteiger charge is 2.16.